The number of ether oxygens (including phenoxy) is 1. The zero-order chi connectivity index (χ0) is 16.3. The smallest absolute Gasteiger partial charge is 0.154 e. The van der Waals surface area contributed by atoms with Gasteiger partial charge in [0.25, 0.3) is 0 Å². The lowest BCUT2D eigenvalue weighted by Crippen LogP contribution is -2.69. The molecule has 0 amide bonds. The van der Waals surface area contributed by atoms with Crippen molar-refractivity contribution < 1.29 is 25.5 Å². The van der Waals surface area contributed by atoms with E-state index in [2.05, 4.69) is 50.9 Å². The van der Waals surface area contributed by atoms with Gasteiger partial charge in [-0.15, -0.1) is 0 Å². The molecule has 2 rings (SSSR count). The summed E-state index contributed by atoms with van der Waals surface area (Å²) in [6.45, 7) is 0. The number of halogens is 2. The van der Waals surface area contributed by atoms with Gasteiger partial charge in [0.1, 0.15) is 17.5 Å². The molecule has 2 aromatic carbocycles. The van der Waals surface area contributed by atoms with Gasteiger partial charge in [0, 0.05) is 6.42 Å². The highest BCUT2D eigenvalue weighted by Crippen LogP contribution is 2.33. The number of aliphatic carboxylic acids is 1. The standard InChI is InChI=1S/C15H13I2NO4.CH4/c16-11-5-8(7-13(18)15(20)21)6-12(17)14(11)22-10-3-1-9(19)2-4-10;/h1-6,13,19H,7,18H2,(H,20,21);1H4. The molecular weight excluding hydrogens is 524 g/mol. The van der Waals surface area contributed by atoms with E-state index in [1.807, 2.05) is 12.1 Å². The van der Waals surface area contributed by atoms with Crippen molar-refractivity contribution >= 4 is 51.2 Å². The van der Waals surface area contributed by atoms with Crippen molar-refractivity contribution in [1.29, 1.82) is 0 Å². The molecule has 0 aromatic heterocycles. The van der Waals surface area contributed by atoms with E-state index in [0.29, 0.717) is 17.9 Å². The highest BCUT2D eigenvalue weighted by Gasteiger charge is 2.14. The Morgan fingerprint density at radius 3 is 2.22 bits per heavy atom. The van der Waals surface area contributed by atoms with Gasteiger partial charge in [0.15, 0.2) is 5.75 Å². The first-order chi connectivity index (χ1) is 10.4. The van der Waals surface area contributed by atoms with Gasteiger partial charge in [0.2, 0.25) is 0 Å². The van der Waals surface area contributed by atoms with Crippen LogP contribution in [0.25, 0.3) is 0 Å². The van der Waals surface area contributed by atoms with Gasteiger partial charge in [-0.25, -0.2) is 0 Å². The minimum atomic E-state index is -1.16. The number of carboxylic acids is 1. The largest absolute Gasteiger partial charge is 0.544 e. The van der Waals surface area contributed by atoms with Crippen LogP contribution in [-0.4, -0.2) is 17.1 Å². The molecule has 2 aromatic rings. The molecule has 0 spiro atoms. The molecule has 1 unspecified atom stereocenters. The first kappa shape index (κ1) is 20.0. The maximum Gasteiger partial charge on any atom is 0.154 e. The number of hydrogen-bond donors (Lipinski definition) is 2. The molecule has 0 saturated heterocycles. The lowest BCUT2D eigenvalue weighted by Gasteiger charge is -2.14. The summed E-state index contributed by atoms with van der Waals surface area (Å²) in [5, 5.41) is 20.1. The van der Waals surface area contributed by atoms with Gasteiger partial charge < -0.3 is 25.5 Å². The lowest BCUT2D eigenvalue weighted by molar-refractivity contribution is -0.437. The molecule has 7 heteroatoms. The van der Waals surface area contributed by atoms with Crippen LogP contribution in [0.5, 0.6) is 17.2 Å². The molecule has 23 heavy (non-hydrogen) atoms. The zero-order valence-corrected chi connectivity index (χ0v) is 15.7. The SMILES string of the molecule is C.[NH3+]C(Cc1cc(I)c(Oc2ccc(O)cc2)c(I)c1)C(=O)[O-]. The minimum Gasteiger partial charge on any atom is -0.544 e. The highest BCUT2D eigenvalue weighted by molar-refractivity contribution is 14.1. The molecule has 0 bridgehead atoms. The summed E-state index contributed by atoms with van der Waals surface area (Å²) < 4.78 is 7.58. The van der Waals surface area contributed by atoms with Gasteiger partial charge in [-0.3, -0.25) is 0 Å². The van der Waals surface area contributed by atoms with E-state index in [4.69, 9.17) is 4.74 Å². The normalized spacial score (nSPS) is 11.4. The Hall–Kier alpha value is -1.07. The van der Waals surface area contributed by atoms with Gasteiger partial charge in [-0.2, -0.15) is 0 Å². The molecule has 124 valence electrons. The Balaban J connectivity index is 0.00000264. The number of carbonyl (C=O) groups is 1. The van der Waals surface area contributed by atoms with E-state index in [1.165, 1.54) is 0 Å². The van der Waals surface area contributed by atoms with E-state index in [-0.39, 0.29) is 13.2 Å². The fraction of sp³-hybridized carbons (Fsp3) is 0.188. The van der Waals surface area contributed by atoms with Crippen LogP contribution in [0.15, 0.2) is 36.4 Å². The molecule has 5 nitrogen and oxygen atoms in total. The number of aromatic hydroxyl groups is 1. The van der Waals surface area contributed by atoms with Crippen molar-refractivity contribution in [2.24, 2.45) is 0 Å². The average Bonchev–Trinajstić information content (AvgIpc) is 2.44. The summed E-state index contributed by atoms with van der Waals surface area (Å²) in [4.78, 5) is 10.8. The van der Waals surface area contributed by atoms with Crippen LogP contribution in [0.4, 0.5) is 0 Å². The van der Waals surface area contributed by atoms with Crippen molar-refractivity contribution in [1.82, 2.24) is 0 Å². The van der Waals surface area contributed by atoms with Gasteiger partial charge in [-0.1, -0.05) is 7.43 Å². The summed E-state index contributed by atoms with van der Waals surface area (Å²) >= 11 is 4.29. The van der Waals surface area contributed by atoms with Crippen molar-refractivity contribution in [2.75, 3.05) is 0 Å². The number of quaternary nitrogens is 1. The van der Waals surface area contributed by atoms with Crippen LogP contribution in [0.3, 0.4) is 0 Å². The Morgan fingerprint density at radius 2 is 1.74 bits per heavy atom. The third-order valence-electron chi connectivity index (χ3n) is 2.93. The summed E-state index contributed by atoms with van der Waals surface area (Å²) in [6, 6.07) is 9.43. The van der Waals surface area contributed by atoms with E-state index in [0.717, 1.165) is 12.7 Å². The molecule has 0 radical (unpaired) electrons. The minimum absolute atomic E-state index is 0. The Morgan fingerprint density at radius 1 is 1.22 bits per heavy atom. The van der Waals surface area contributed by atoms with Crippen molar-refractivity contribution in [3.05, 3.63) is 49.1 Å². The van der Waals surface area contributed by atoms with Crippen LogP contribution in [0.2, 0.25) is 0 Å². The Bertz CT molecular complexity index is 666. The van der Waals surface area contributed by atoms with Crippen LogP contribution in [-0.2, 0) is 11.2 Å². The van der Waals surface area contributed by atoms with Crippen LogP contribution < -0.4 is 15.6 Å². The van der Waals surface area contributed by atoms with Gasteiger partial charge in [-0.05, 0) is 87.1 Å². The maximum atomic E-state index is 10.8. The lowest BCUT2D eigenvalue weighted by atomic mass is 10.1. The molecular formula is C16H17I2NO4. The summed E-state index contributed by atoms with van der Waals surface area (Å²) in [7, 11) is 0. The summed E-state index contributed by atoms with van der Waals surface area (Å²) in [5.74, 6) is 0.334. The monoisotopic (exact) mass is 541 g/mol. The fourth-order valence-corrected chi connectivity index (χ4v) is 3.94. The molecule has 1 atom stereocenters. The van der Waals surface area contributed by atoms with Crippen LogP contribution in [0, 0.1) is 7.14 Å². The molecule has 0 fully saturated rings. The number of benzene rings is 2. The van der Waals surface area contributed by atoms with Crippen LogP contribution in [0.1, 0.15) is 13.0 Å². The second-order valence-corrected chi connectivity index (χ2v) is 7.03. The Kier molecular flexibility index (Phi) is 7.55. The van der Waals surface area contributed by atoms with Crippen LogP contribution >= 0.6 is 45.2 Å². The van der Waals surface area contributed by atoms with Crippen molar-refractivity contribution in [3.8, 4) is 17.2 Å². The maximum absolute atomic E-state index is 10.8. The van der Waals surface area contributed by atoms with E-state index in [9.17, 15) is 15.0 Å². The first-order valence-corrected chi connectivity index (χ1v) is 8.51. The van der Waals surface area contributed by atoms with E-state index < -0.39 is 12.0 Å². The van der Waals surface area contributed by atoms with E-state index in [1.54, 1.807) is 24.3 Å². The number of rotatable bonds is 5. The topological polar surface area (TPSA) is 97.2 Å². The van der Waals surface area contributed by atoms with Crippen molar-refractivity contribution in [3.63, 3.8) is 0 Å². The molecule has 0 aliphatic carbocycles. The third-order valence-corrected chi connectivity index (χ3v) is 4.53. The number of carboxylic acid groups (broad SMARTS) is 1. The Labute approximate surface area is 162 Å². The third kappa shape index (κ3) is 5.50. The number of carbonyl (C=O) groups excluding carboxylic acids is 1. The molecule has 4 N–H and O–H groups in total. The van der Waals surface area contributed by atoms with Crippen molar-refractivity contribution in [2.45, 2.75) is 19.9 Å². The predicted octanol–water partition coefficient (Wildman–Crippen LogP) is 1.93. The first-order valence-electron chi connectivity index (χ1n) is 6.35. The molecule has 0 aliphatic rings. The zero-order valence-electron chi connectivity index (χ0n) is 11.4. The fourth-order valence-electron chi connectivity index (χ4n) is 1.83. The predicted molar refractivity (Wildman–Crippen MR) is 102 cm³/mol. The van der Waals surface area contributed by atoms with E-state index >= 15 is 0 Å². The quantitative estimate of drug-likeness (QED) is 0.566. The van der Waals surface area contributed by atoms with Gasteiger partial charge in [0.05, 0.1) is 13.1 Å². The number of phenolic OH excluding ortho intramolecular Hbond substituents is 1. The highest BCUT2D eigenvalue weighted by atomic mass is 127. The second-order valence-electron chi connectivity index (χ2n) is 4.70. The second kappa shape index (κ2) is 8.69. The molecule has 0 aliphatic heterocycles. The molecule has 0 heterocycles. The van der Waals surface area contributed by atoms with Gasteiger partial charge >= 0.3 is 0 Å². The molecule has 0 saturated carbocycles. The summed E-state index contributed by atoms with van der Waals surface area (Å²) in [5.41, 5.74) is 4.44. The number of hydrogen-bond acceptors (Lipinski definition) is 4. The number of phenols is 1. The summed E-state index contributed by atoms with van der Waals surface area (Å²) in [6.07, 6.45) is 0.313. The average molecular weight is 541 g/mol.